The molecule has 0 aliphatic rings. The number of nitrogens with one attached hydrogen (secondary N) is 1. The number of pyridine rings is 1. The molecule has 0 saturated heterocycles. The van der Waals surface area contributed by atoms with Crippen LogP contribution >= 0.6 is 22.9 Å². The summed E-state index contributed by atoms with van der Waals surface area (Å²) in [6.07, 6.45) is 2.98. The smallest absolute Gasteiger partial charge is 0.262 e. The van der Waals surface area contributed by atoms with E-state index in [-0.39, 0.29) is 17.7 Å². The summed E-state index contributed by atoms with van der Waals surface area (Å²) in [5, 5.41) is 3.73. The SMILES string of the molecule is Cc1sc2ncnc(OCC(=O)Nc3cccnc3Cl)c2c1C. The average molecular weight is 349 g/mol. The van der Waals surface area contributed by atoms with Crippen molar-refractivity contribution in [3.05, 3.63) is 40.3 Å². The Morgan fingerprint density at radius 3 is 2.96 bits per heavy atom. The number of carbonyl (C=O) groups is 1. The summed E-state index contributed by atoms with van der Waals surface area (Å²) in [7, 11) is 0. The Hall–Kier alpha value is -2.25. The van der Waals surface area contributed by atoms with Crippen LogP contribution in [-0.2, 0) is 4.79 Å². The number of fused-ring (bicyclic) bond motifs is 1. The van der Waals surface area contributed by atoms with Crippen LogP contribution in [0.5, 0.6) is 5.88 Å². The van der Waals surface area contributed by atoms with Crippen LogP contribution in [0.4, 0.5) is 5.69 Å². The first-order valence-electron chi connectivity index (χ1n) is 6.80. The minimum absolute atomic E-state index is 0.175. The number of aromatic nitrogens is 3. The van der Waals surface area contributed by atoms with Crippen LogP contribution in [0.2, 0.25) is 5.15 Å². The molecule has 0 unspecified atom stereocenters. The number of thiophene rings is 1. The van der Waals surface area contributed by atoms with Crippen LogP contribution in [0.25, 0.3) is 10.2 Å². The summed E-state index contributed by atoms with van der Waals surface area (Å²) < 4.78 is 5.57. The Bertz CT molecular complexity index is 881. The van der Waals surface area contributed by atoms with Crippen molar-refractivity contribution < 1.29 is 9.53 Å². The third kappa shape index (κ3) is 3.25. The molecule has 0 aromatic carbocycles. The molecule has 0 radical (unpaired) electrons. The minimum atomic E-state index is -0.337. The molecule has 3 aromatic rings. The molecule has 23 heavy (non-hydrogen) atoms. The van der Waals surface area contributed by atoms with Crippen molar-refractivity contribution in [2.75, 3.05) is 11.9 Å². The van der Waals surface area contributed by atoms with E-state index in [1.165, 1.54) is 6.33 Å². The van der Waals surface area contributed by atoms with Crippen molar-refractivity contribution in [2.24, 2.45) is 0 Å². The first-order valence-corrected chi connectivity index (χ1v) is 7.99. The molecule has 8 heteroatoms. The largest absolute Gasteiger partial charge is 0.467 e. The number of ether oxygens (including phenoxy) is 1. The van der Waals surface area contributed by atoms with Crippen molar-refractivity contribution in [3.8, 4) is 5.88 Å². The van der Waals surface area contributed by atoms with Gasteiger partial charge in [0.05, 0.1) is 11.1 Å². The molecule has 118 valence electrons. The highest BCUT2D eigenvalue weighted by Gasteiger charge is 2.14. The van der Waals surface area contributed by atoms with Gasteiger partial charge in [0.25, 0.3) is 5.91 Å². The van der Waals surface area contributed by atoms with Crippen molar-refractivity contribution in [3.63, 3.8) is 0 Å². The number of aryl methyl sites for hydroxylation is 2. The van der Waals surface area contributed by atoms with Crippen LogP contribution in [-0.4, -0.2) is 27.5 Å². The molecule has 0 spiro atoms. The summed E-state index contributed by atoms with van der Waals surface area (Å²) in [6, 6.07) is 3.36. The van der Waals surface area contributed by atoms with Crippen LogP contribution in [0.1, 0.15) is 10.4 Å². The molecule has 3 rings (SSSR count). The predicted octanol–water partition coefficient (Wildman–Crippen LogP) is 3.37. The van der Waals surface area contributed by atoms with E-state index in [9.17, 15) is 4.79 Å². The monoisotopic (exact) mass is 348 g/mol. The quantitative estimate of drug-likeness (QED) is 0.731. The molecule has 6 nitrogen and oxygen atoms in total. The molecule has 1 amide bonds. The van der Waals surface area contributed by atoms with E-state index in [0.717, 1.165) is 20.7 Å². The highest BCUT2D eigenvalue weighted by Crippen LogP contribution is 2.33. The summed E-state index contributed by atoms with van der Waals surface area (Å²) >= 11 is 7.48. The maximum atomic E-state index is 12.0. The van der Waals surface area contributed by atoms with Crippen molar-refractivity contribution >= 4 is 44.7 Å². The second-order valence-electron chi connectivity index (χ2n) is 4.82. The molecule has 0 aliphatic carbocycles. The van der Waals surface area contributed by atoms with Crippen LogP contribution in [0.3, 0.4) is 0 Å². The van der Waals surface area contributed by atoms with Gasteiger partial charge in [0, 0.05) is 11.1 Å². The van der Waals surface area contributed by atoms with E-state index >= 15 is 0 Å². The second-order valence-corrected chi connectivity index (χ2v) is 6.38. The van der Waals surface area contributed by atoms with Gasteiger partial charge < -0.3 is 10.1 Å². The molecule has 3 heterocycles. The number of nitrogens with zero attached hydrogens (tertiary/aromatic N) is 3. The Labute approximate surface area is 141 Å². The molecule has 0 aliphatic heterocycles. The summed E-state index contributed by atoms with van der Waals surface area (Å²) in [5.41, 5.74) is 1.51. The Morgan fingerprint density at radius 2 is 2.17 bits per heavy atom. The van der Waals surface area contributed by atoms with Gasteiger partial charge in [-0.05, 0) is 31.5 Å². The molecule has 3 aromatic heterocycles. The van der Waals surface area contributed by atoms with E-state index < -0.39 is 0 Å². The summed E-state index contributed by atoms with van der Waals surface area (Å²) in [4.78, 5) is 26.3. The first-order chi connectivity index (χ1) is 11.1. The predicted molar refractivity (Wildman–Crippen MR) is 90.3 cm³/mol. The number of anilines is 1. The van der Waals surface area contributed by atoms with E-state index in [4.69, 9.17) is 16.3 Å². The average Bonchev–Trinajstić information content (AvgIpc) is 2.83. The normalized spacial score (nSPS) is 10.7. The molecular weight excluding hydrogens is 336 g/mol. The molecular formula is C15H13ClN4O2S. The van der Waals surface area contributed by atoms with E-state index in [2.05, 4.69) is 20.3 Å². The first kappa shape index (κ1) is 15.6. The number of halogens is 1. The lowest BCUT2D eigenvalue weighted by Crippen LogP contribution is -2.20. The standard InChI is InChI=1S/C15H13ClN4O2S/c1-8-9(2)23-15-12(8)14(18-7-19-15)22-6-11(21)20-10-4-3-5-17-13(10)16/h3-5,7H,6H2,1-2H3,(H,20,21). The Balaban J connectivity index is 1.74. The topological polar surface area (TPSA) is 77.0 Å². The molecule has 0 bridgehead atoms. The fraction of sp³-hybridized carbons (Fsp3) is 0.200. The van der Waals surface area contributed by atoms with E-state index in [0.29, 0.717) is 11.6 Å². The zero-order valence-corrected chi connectivity index (χ0v) is 14.0. The molecule has 0 fully saturated rings. The van der Waals surface area contributed by atoms with Gasteiger partial charge in [0.1, 0.15) is 11.2 Å². The van der Waals surface area contributed by atoms with Gasteiger partial charge in [0.2, 0.25) is 5.88 Å². The van der Waals surface area contributed by atoms with Gasteiger partial charge in [-0.2, -0.15) is 0 Å². The zero-order chi connectivity index (χ0) is 16.4. The van der Waals surface area contributed by atoms with Crippen LogP contribution in [0, 0.1) is 13.8 Å². The minimum Gasteiger partial charge on any atom is -0.467 e. The van der Waals surface area contributed by atoms with E-state index in [1.807, 2.05) is 13.8 Å². The van der Waals surface area contributed by atoms with Crippen molar-refractivity contribution in [2.45, 2.75) is 13.8 Å². The Kier molecular flexibility index (Phi) is 4.40. The van der Waals surface area contributed by atoms with Gasteiger partial charge in [-0.25, -0.2) is 15.0 Å². The summed E-state index contributed by atoms with van der Waals surface area (Å²) in [6.45, 7) is 3.83. The van der Waals surface area contributed by atoms with Gasteiger partial charge in [0.15, 0.2) is 11.8 Å². The lowest BCUT2D eigenvalue weighted by Gasteiger charge is -2.08. The third-order valence-corrected chi connectivity index (χ3v) is 4.72. The lowest BCUT2D eigenvalue weighted by molar-refractivity contribution is -0.118. The van der Waals surface area contributed by atoms with Crippen molar-refractivity contribution in [1.29, 1.82) is 0 Å². The molecule has 0 atom stereocenters. The molecule has 0 saturated carbocycles. The Morgan fingerprint density at radius 1 is 1.35 bits per heavy atom. The highest BCUT2D eigenvalue weighted by atomic mass is 35.5. The fourth-order valence-electron chi connectivity index (χ4n) is 2.06. The number of amides is 1. The number of hydrogen-bond acceptors (Lipinski definition) is 6. The number of rotatable bonds is 4. The van der Waals surface area contributed by atoms with Gasteiger partial charge in [-0.3, -0.25) is 4.79 Å². The maximum Gasteiger partial charge on any atom is 0.262 e. The zero-order valence-electron chi connectivity index (χ0n) is 12.5. The van der Waals surface area contributed by atoms with Gasteiger partial charge in [-0.15, -0.1) is 11.3 Å². The van der Waals surface area contributed by atoms with Crippen molar-refractivity contribution in [1.82, 2.24) is 15.0 Å². The number of hydrogen-bond donors (Lipinski definition) is 1. The summed E-state index contributed by atoms with van der Waals surface area (Å²) in [5.74, 6) is 0.0700. The highest BCUT2D eigenvalue weighted by molar-refractivity contribution is 7.18. The third-order valence-electron chi connectivity index (χ3n) is 3.30. The van der Waals surface area contributed by atoms with Gasteiger partial charge in [-0.1, -0.05) is 11.6 Å². The van der Waals surface area contributed by atoms with Gasteiger partial charge >= 0.3 is 0 Å². The van der Waals surface area contributed by atoms with Crippen LogP contribution in [0.15, 0.2) is 24.7 Å². The fourth-order valence-corrected chi connectivity index (χ4v) is 3.21. The van der Waals surface area contributed by atoms with E-state index in [1.54, 1.807) is 29.7 Å². The maximum absolute atomic E-state index is 12.0. The lowest BCUT2D eigenvalue weighted by atomic mass is 10.2. The number of carbonyl (C=O) groups excluding carboxylic acids is 1. The van der Waals surface area contributed by atoms with Crippen LogP contribution < -0.4 is 10.1 Å². The molecule has 1 N–H and O–H groups in total. The second kappa shape index (κ2) is 6.47.